The summed E-state index contributed by atoms with van der Waals surface area (Å²) in [5, 5.41) is 2.89. The first-order chi connectivity index (χ1) is 13.8. The van der Waals surface area contributed by atoms with Gasteiger partial charge in [0.1, 0.15) is 0 Å². The highest BCUT2D eigenvalue weighted by molar-refractivity contribution is 7.89. The van der Waals surface area contributed by atoms with Gasteiger partial charge in [0.05, 0.1) is 17.6 Å². The van der Waals surface area contributed by atoms with Gasteiger partial charge in [-0.05, 0) is 44.0 Å². The van der Waals surface area contributed by atoms with Crippen LogP contribution in [0, 0.1) is 12.8 Å². The van der Waals surface area contributed by atoms with Crippen molar-refractivity contribution in [1.82, 2.24) is 4.31 Å². The van der Waals surface area contributed by atoms with E-state index < -0.39 is 16.0 Å². The van der Waals surface area contributed by atoms with Gasteiger partial charge in [0, 0.05) is 24.7 Å². The summed E-state index contributed by atoms with van der Waals surface area (Å²) in [5.41, 5.74) is 1.84. The van der Waals surface area contributed by atoms with Crippen molar-refractivity contribution in [3.05, 3.63) is 59.7 Å². The zero-order valence-corrected chi connectivity index (χ0v) is 17.2. The number of nitrogens with zero attached hydrogens (tertiary/aromatic N) is 1. The summed E-state index contributed by atoms with van der Waals surface area (Å²) in [7, 11) is -2.65. The number of hydrogen-bond donors (Lipinski definition) is 1. The van der Waals surface area contributed by atoms with Gasteiger partial charge >= 0.3 is 5.97 Å². The van der Waals surface area contributed by atoms with E-state index in [1.165, 1.54) is 23.5 Å². The number of ether oxygens (including phenoxy) is 1. The normalized spacial score (nSPS) is 15.7. The molecule has 0 bridgehead atoms. The molecule has 1 fully saturated rings. The minimum atomic E-state index is -3.86. The Bertz CT molecular complexity index is 994. The number of rotatable bonds is 5. The fourth-order valence-corrected chi connectivity index (χ4v) is 5.00. The van der Waals surface area contributed by atoms with Crippen molar-refractivity contribution in [3.63, 3.8) is 0 Å². The first-order valence-electron chi connectivity index (χ1n) is 9.38. The van der Waals surface area contributed by atoms with Gasteiger partial charge in [0.2, 0.25) is 15.9 Å². The lowest BCUT2D eigenvalue weighted by Crippen LogP contribution is -2.41. The molecule has 154 valence electrons. The van der Waals surface area contributed by atoms with Crippen LogP contribution in [0.15, 0.2) is 53.4 Å². The van der Waals surface area contributed by atoms with Crippen molar-refractivity contribution < 1.29 is 22.7 Å². The Hall–Kier alpha value is -2.71. The molecule has 0 atom stereocenters. The van der Waals surface area contributed by atoms with Gasteiger partial charge in [-0.3, -0.25) is 4.79 Å². The largest absolute Gasteiger partial charge is 0.465 e. The van der Waals surface area contributed by atoms with E-state index in [1.807, 2.05) is 31.2 Å². The van der Waals surface area contributed by atoms with Crippen molar-refractivity contribution in [3.8, 4) is 0 Å². The molecule has 0 saturated carbocycles. The lowest BCUT2D eigenvalue weighted by molar-refractivity contribution is -0.120. The van der Waals surface area contributed by atoms with Gasteiger partial charge < -0.3 is 10.1 Å². The Morgan fingerprint density at radius 1 is 1.03 bits per heavy atom. The van der Waals surface area contributed by atoms with Gasteiger partial charge in [0.15, 0.2) is 0 Å². The number of benzene rings is 2. The Balaban J connectivity index is 1.68. The van der Waals surface area contributed by atoms with Crippen molar-refractivity contribution in [1.29, 1.82) is 0 Å². The number of hydrogen-bond acceptors (Lipinski definition) is 5. The molecule has 0 radical (unpaired) electrons. The molecule has 29 heavy (non-hydrogen) atoms. The van der Waals surface area contributed by atoms with Crippen LogP contribution < -0.4 is 5.32 Å². The molecule has 3 rings (SSSR count). The molecule has 1 amide bonds. The summed E-state index contributed by atoms with van der Waals surface area (Å²) >= 11 is 0. The highest BCUT2D eigenvalue weighted by atomic mass is 32.2. The van der Waals surface area contributed by atoms with Crippen molar-refractivity contribution in [2.45, 2.75) is 24.7 Å². The molecule has 0 unspecified atom stereocenters. The van der Waals surface area contributed by atoms with E-state index >= 15 is 0 Å². The molecule has 8 heteroatoms. The third-order valence-electron chi connectivity index (χ3n) is 5.05. The van der Waals surface area contributed by atoms with Crippen LogP contribution in [-0.4, -0.2) is 44.8 Å². The van der Waals surface area contributed by atoms with E-state index in [-0.39, 0.29) is 35.4 Å². The minimum Gasteiger partial charge on any atom is -0.465 e. The third kappa shape index (κ3) is 4.65. The first-order valence-corrected chi connectivity index (χ1v) is 10.8. The number of amides is 1. The lowest BCUT2D eigenvalue weighted by Gasteiger charge is -2.31. The topological polar surface area (TPSA) is 92.8 Å². The maximum atomic E-state index is 13.0. The first kappa shape index (κ1) is 21.0. The molecule has 7 nitrogen and oxygen atoms in total. The number of sulfonamides is 1. The second kappa shape index (κ2) is 8.75. The molecular weight excluding hydrogens is 392 g/mol. The molecule has 1 heterocycles. The van der Waals surface area contributed by atoms with Crippen molar-refractivity contribution in [2.24, 2.45) is 5.92 Å². The predicted molar refractivity (Wildman–Crippen MR) is 109 cm³/mol. The van der Waals surface area contributed by atoms with Crippen LogP contribution in [0.25, 0.3) is 0 Å². The maximum absolute atomic E-state index is 13.0. The number of methoxy groups -OCH3 is 1. The number of nitrogens with one attached hydrogen (secondary N) is 1. The molecule has 0 aromatic heterocycles. The van der Waals surface area contributed by atoms with Crippen LogP contribution in [0.3, 0.4) is 0 Å². The quantitative estimate of drug-likeness (QED) is 0.757. The van der Waals surface area contributed by atoms with Crippen molar-refractivity contribution >= 4 is 27.6 Å². The monoisotopic (exact) mass is 416 g/mol. The van der Waals surface area contributed by atoms with Gasteiger partial charge in [0.25, 0.3) is 0 Å². The van der Waals surface area contributed by atoms with E-state index in [2.05, 4.69) is 5.32 Å². The zero-order chi connectivity index (χ0) is 21.0. The fraction of sp³-hybridized carbons (Fsp3) is 0.333. The molecule has 2 aromatic rings. The number of carbonyl (C=O) groups is 2. The van der Waals surface area contributed by atoms with Gasteiger partial charge in [-0.15, -0.1) is 0 Å². The third-order valence-corrected chi connectivity index (χ3v) is 7.01. The molecule has 1 N–H and O–H groups in total. The van der Waals surface area contributed by atoms with Crippen LogP contribution >= 0.6 is 0 Å². The summed E-state index contributed by atoms with van der Waals surface area (Å²) in [4.78, 5) is 24.4. The van der Waals surface area contributed by atoms with Crippen molar-refractivity contribution in [2.75, 3.05) is 25.5 Å². The lowest BCUT2D eigenvalue weighted by atomic mass is 9.97. The number of aryl methyl sites for hydroxylation is 1. The Kier molecular flexibility index (Phi) is 6.34. The van der Waals surface area contributed by atoms with Crippen LogP contribution in [0.4, 0.5) is 5.69 Å². The van der Waals surface area contributed by atoms with Crippen LogP contribution in [0.5, 0.6) is 0 Å². The van der Waals surface area contributed by atoms with Crippen LogP contribution in [-0.2, 0) is 19.6 Å². The molecule has 1 aliphatic heterocycles. The smallest absolute Gasteiger partial charge is 0.339 e. The highest BCUT2D eigenvalue weighted by Crippen LogP contribution is 2.27. The number of carbonyl (C=O) groups excluding carboxylic acids is 2. The van der Waals surface area contributed by atoms with Gasteiger partial charge in [-0.1, -0.05) is 29.8 Å². The zero-order valence-electron chi connectivity index (χ0n) is 16.4. The number of esters is 1. The minimum absolute atomic E-state index is 0.00855. The SMILES string of the molecule is COC(=O)c1ccccc1S(=O)(=O)N1CCC(C(=O)Nc2ccc(C)cc2)CC1. The van der Waals surface area contributed by atoms with E-state index in [0.29, 0.717) is 12.8 Å². The average Bonchev–Trinajstić information content (AvgIpc) is 2.74. The van der Waals surface area contributed by atoms with Gasteiger partial charge in [-0.2, -0.15) is 4.31 Å². The molecule has 0 spiro atoms. The van der Waals surface area contributed by atoms with E-state index in [1.54, 1.807) is 12.1 Å². The summed E-state index contributed by atoms with van der Waals surface area (Å²) < 4.78 is 32.1. The average molecular weight is 416 g/mol. The Morgan fingerprint density at radius 2 is 1.66 bits per heavy atom. The molecule has 1 saturated heterocycles. The highest BCUT2D eigenvalue weighted by Gasteiger charge is 2.34. The number of piperidine rings is 1. The van der Waals surface area contributed by atoms with E-state index in [9.17, 15) is 18.0 Å². The van der Waals surface area contributed by atoms with E-state index in [0.717, 1.165) is 11.3 Å². The molecule has 1 aliphatic rings. The Morgan fingerprint density at radius 3 is 2.28 bits per heavy atom. The van der Waals surface area contributed by atoms with E-state index in [4.69, 9.17) is 4.74 Å². The second-order valence-electron chi connectivity index (χ2n) is 7.02. The number of anilines is 1. The summed E-state index contributed by atoms with van der Waals surface area (Å²) in [6.45, 7) is 2.40. The Labute approximate surface area is 170 Å². The molecular formula is C21H24N2O5S. The molecule has 0 aliphatic carbocycles. The summed E-state index contributed by atoms with van der Waals surface area (Å²) in [6, 6.07) is 13.5. The van der Waals surface area contributed by atoms with Crippen LogP contribution in [0.1, 0.15) is 28.8 Å². The standard InChI is InChI=1S/C21H24N2O5S/c1-15-7-9-17(10-8-15)22-20(24)16-11-13-23(14-12-16)29(26,27)19-6-4-3-5-18(19)21(25)28-2/h3-10,16H,11-14H2,1-2H3,(H,22,24). The fourth-order valence-electron chi connectivity index (χ4n) is 3.35. The predicted octanol–water partition coefficient (Wildman–Crippen LogP) is 2.82. The maximum Gasteiger partial charge on any atom is 0.339 e. The van der Waals surface area contributed by atoms with Gasteiger partial charge in [-0.25, -0.2) is 13.2 Å². The molecule has 2 aromatic carbocycles. The summed E-state index contributed by atoms with van der Waals surface area (Å²) in [5.74, 6) is -1.07. The summed E-state index contributed by atoms with van der Waals surface area (Å²) in [6.07, 6.45) is 0.828. The second-order valence-corrected chi connectivity index (χ2v) is 8.93. The van der Waals surface area contributed by atoms with Crippen LogP contribution in [0.2, 0.25) is 0 Å².